The first-order chi connectivity index (χ1) is 12.1. The quantitative estimate of drug-likeness (QED) is 0.761. The van der Waals surface area contributed by atoms with Gasteiger partial charge in [-0.3, -0.25) is 4.79 Å². The largest absolute Gasteiger partial charge is 0.494 e. The number of anilines is 1. The van der Waals surface area contributed by atoms with E-state index in [-0.39, 0.29) is 5.91 Å². The number of carbonyl (C=O) groups is 1. The standard InChI is InChI=1S/C19H19N3O3/c1-4-24-17-11-16(9-8-12(17)2)20-18(23)14-6-5-7-15(10-14)19-22-21-13(3)25-19/h5-11H,4H2,1-3H3,(H,20,23). The summed E-state index contributed by atoms with van der Waals surface area (Å²) in [5, 5.41) is 10.7. The fraction of sp³-hybridized carbons (Fsp3) is 0.211. The van der Waals surface area contributed by atoms with E-state index in [0.29, 0.717) is 35.2 Å². The minimum absolute atomic E-state index is 0.218. The van der Waals surface area contributed by atoms with Crippen molar-refractivity contribution >= 4 is 11.6 Å². The van der Waals surface area contributed by atoms with Crippen LogP contribution in [0.1, 0.15) is 28.7 Å². The number of amides is 1. The van der Waals surface area contributed by atoms with E-state index in [1.165, 1.54) is 0 Å². The van der Waals surface area contributed by atoms with Crippen molar-refractivity contribution in [1.29, 1.82) is 0 Å². The summed E-state index contributed by atoms with van der Waals surface area (Å²) in [6, 6.07) is 12.6. The van der Waals surface area contributed by atoms with Gasteiger partial charge in [0.05, 0.1) is 6.61 Å². The lowest BCUT2D eigenvalue weighted by molar-refractivity contribution is 0.102. The smallest absolute Gasteiger partial charge is 0.255 e. The van der Waals surface area contributed by atoms with Crippen LogP contribution in [0.15, 0.2) is 46.9 Å². The van der Waals surface area contributed by atoms with Gasteiger partial charge >= 0.3 is 0 Å². The van der Waals surface area contributed by atoms with Gasteiger partial charge in [-0.05, 0) is 43.7 Å². The zero-order valence-electron chi connectivity index (χ0n) is 14.4. The van der Waals surface area contributed by atoms with Crippen LogP contribution in [0.3, 0.4) is 0 Å². The van der Waals surface area contributed by atoms with E-state index in [9.17, 15) is 4.79 Å². The third-order valence-electron chi connectivity index (χ3n) is 3.64. The second-order valence-electron chi connectivity index (χ2n) is 5.57. The Morgan fingerprint density at radius 1 is 1.16 bits per heavy atom. The monoisotopic (exact) mass is 337 g/mol. The number of ether oxygens (including phenoxy) is 1. The molecule has 1 aromatic heterocycles. The molecule has 0 bridgehead atoms. The molecule has 6 heteroatoms. The molecule has 3 rings (SSSR count). The summed E-state index contributed by atoms with van der Waals surface area (Å²) in [5.41, 5.74) is 2.91. The summed E-state index contributed by atoms with van der Waals surface area (Å²) in [4.78, 5) is 12.5. The Balaban J connectivity index is 1.81. The van der Waals surface area contributed by atoms with Crippen LogP contribution in [0.4, 0.5) is 5.69 Å². The molecule has 0 saturated heterocycles. The topological polar surface area (TPSA) is 77.2 Å². The van der Waals surface area contributed by atoms with Gasteiger partial charge in [-0.25, -0.2) is 0 Å². The molecule has 1 heterocycles. The minimum atomic E-state index is -0.218. The lowest BCUT2D eigenvalue weighted by Gasteiger charge is -2.11. The maximum absolute atomic E-state index is 12.5. The lowest BCUT2D eigenvalue weighted by Crippen LogP contribution is -2.12. The van der Waals surface area contributed by atoms with E-state index < -0.39 is 0 Å². The Kier molecular flexibility index (Phi) is 4.79. The predicted octanol–water partition coefficient (Wildman–Crippen LogP) is 4.00. The van der Waals surface area contributed by atoms with E-state index in [1.54, 1.807) is 25.1 Å². The van der Waals surface area contributed by atoms with Gasteiger partial charge in [0.1, 0.15) is 5.75 Å². The minimum Gasteiger partial charge on any atom is -0.494 e. The Morgan fingerprint density at radius 3 is 2.72 bits per heavy atom. The maximum Gasteiger partial charge on any atom is 0.255 e. The first-order valence-electron chi connectivity index (χ1n) is 8.02. The number of rotatable bonds is 5. The average molecular weight is 337 g/mol. The van der Waals surface area contributed by atoms with Crippen LogP contribution in [0.5, 0.6) is 5.75 Å². The van der Waals surface area contributed by atoms with Gasteiger partial charge in [-0.1, -0.05) is 12.1 Å². The van der Waals surface area contributed by atoms with Gasteiger partial charge in [-0.15, -0.1) is 10.2 Å². The number of nitrogens with zero attached hydrogens (tertiary/aromatic N) is 2. The summed E-state index contributed by atoms with van der Waals surface area (Å²) in [6.07, 6.45) is 0. The SMILES string of the molecule is CCOc1cc(NC(=O)c2cccc(-c3nnc(C)o3)c2)ccc1C. The van der Waals surface area contributed by atoms with Gasteiger partial charge in [0.15, 0.2) is 0 Å². The van der Waals surface area contributed by atoms with Crippen molar-refractivity contribution in [3.8, 4) is 17.2 Å². The predicted molar refractivity (Wildman–Crippen MR) is 94.8 cm³/mol. The molecule has 0 radical (unpaired) electrons. The van der Waals surface area contributed by atoms with Crippen molar-refractivity contribution < 1.29 is 13.9 Å². The highest BCUT2D eigenvalue weighted by Crippen LogP contribution is 2.24. The van der Waals surface area contributed by atoms with Gasteiger partial charge < -0.3 is 14.5 Å². The van der Waals surface area contributed by atoms with Crippen LogP contribution in [-0.4, -0.2) is 22.7 Å². The first kappa shape index (κ1) is 16.7. The molecule has 0 aliphatic heterocycles. The van der Waals surface area contributed by atoms with Crippen molar-refractivity contribution in [2.45, 2.75) is 20.8 Å². The maximum atomic E-state index is 12.5. The van der Waals surface area contributed by atoms with Crippen LogP contribution in [0.2, 0.25) is 0 Å². The van der Waals surface area contributed by atoms with Crippen LogP contribution < -0.4 is 10.1 Å². The number of hydrogen-bond donors (Lipinski definition) is 1. The van der Waals surface area contributed by atoms with Gasteiger partial charge in [0, 0.05) is 29.8 Å². The Morgan fingerprint density at radius 2 is 2.00 bits per heavy atom. The lowest BCUT2D eigenvalue weighted by atomic mass is 10.1. The highest BCUT2D eigenvalue weighted by Gasteiger charge is 2.11. The van der Waals surface area contributed by atoms with Crippen molar-refractivity contribution in [1.82, 2.24) is 10.2 Å². The third-order valence-corrected chi connectivity index (χ3v) is 3.64. The number of nitrogens with one attached hydrogen (secondary N) is 1. The van der Waals surface area contributed by atoms with Crippen molar-refractivity contribution in [2.75, 3.05) is 11.9 Å². The second kappa shape index (κ2) is 7.17. The molecular weight excluding hydrogens is 318 g/mol. The normalized spacial score (nSPS) is 10.5. The Hall–Kier alpha value is -3.15. The summed E-state index contributed by atoms with van der Waals surface area (Å²) in [6.45, 7) is 6.19. The molecule has 1 N–H and O–H groups in total. The molecule has 0 fully saturated rings. The molecule has 0 saturated carbocycles. The molecule has 25 heavy (non-hydrogen) atoms. The van der Waals surface area contributed by atoms with Crippen molar-refractivity contribution in [3.05, 3.63) is 59.5 Å². The Labute approximate surface area is 145 Å². The number of hydrogen-bond acceptors (Lipinski definition) is 5. The molecule has 3 aromatic rings. The van der Waals surface area contributed by atoms with Crippen molar-refractivity contribution in [3.63, 3.8) is 0 Å². The van der Waals surface area contributed by atoms with E-state index in [4.69, 9.17) is 9.15 Å². The summed E-state index contributed by atoms with van der Waals surface area (Å²) < 4.78 is 11.0. The summed E-state index contributed by atoms with van der Waals surface area (Å²) >= 11 is 0. The highest BCUT2D eigenvalue weighted by molar-refractivity contribution is 6.04. The molecule has 0 aliphatic carbocycles. The first-order valence-corrected chi connectivity index (χ1v) is 8.02. The zero-order chi connectivity index (χ0) is 17.8. The van der Waals surface area contributed by atoms with Crippen LogP contribution in [-0.2, 0) is 0 Å². The number of aryl methyl sites for hydroxylation is 2. The van der Waals surface area contributed by atoms with E-state index in [2.05, 4.69) is 15.5 Å². The molecule has 0 atom stereocenters. The number of carbonyl (C=O) groups excluding carboxylic acids is 1. The van der Waals surface area contributed by atoms with Crippen LogP contribution >= 0.6 is 0 Å². The molecule has 2 aromatic carbocycles. The molecule has 128 valence electrons. The fourth-order valence-electron chi connectivity index (χ4n) is 2.40. The summed E-state index contributed by atoms with van der Waals surface area (Å²) in [7, 11) is 0. The molecular formula is C19H19N3O3. The summed E-state index contributed by atoms with van der Waals surface area (Å²) in [5.74, 6) is 1.41. The molecule has 0 spiro atoms. The molecule has 0 aliphatic rings. The van der Waals surface area contributed by atoms with Gasteiger partial charge in [-0.2, -0.15) is 0 Å². The van der Waals surface area contributed by atoms with Crippen LogP contribution in [0.25, 0.3) is 11.5 Å². The van der Waals surface area contributed by atoms with Crippen LogP contribution in [0, 0.1) is 13.8 Å². The van der Waals surface area contributed by atoms with E-state index in [0.717, 1.165) is 11.3 Å². The van der Waals surface area contributed by atoms with Gasteiger partial charge in [0.25, 0.3) is 5.91 Å². The van der Waals surface area contributed by atoms with E-state index >= 15 is 0 Å². The van der Waals surface area contributed by atoms with Crippen molar-refractivity contribution in [2.24, 2.45) is 0 Å². The van der Waals surface area contributed by atoms with Gasteiger partial charge in [0.2, 0.25) is 11.8 Å². The second-order valence-corrected chi connectivity index (χ2v) is 5.57. The number of aromatic nitrogens is 2. The fourth-order valence-corrected chi connectivity index (χ4v) is 2.40. The third kappa shape index (κ3) is 3.85. The molecule has 6 nitrogen and oxygen atoms in total. The Bertz CT molecular complexity index is 902. The van der Waals surface area contributed by atoms with E-state index in [1.807, 2.05) is 38.1 Å². The highest BCUT2D eigenvalue weighted by atomic mass is 16.5. The molecule has 0 unspecified atom stereocenters. The number of benzene rings is 2. The zero-order valence-corrected chi connectivity index (χ0v) is 14.4. The average Bonchev–Trinajstić information content (AvgIpc) is 3.05. The molecule has 1 amide bonds.